The molecule has 0 spiro atoms. The van der Waals surface area contributed by atoms with Crippen LogP contribution in [0.25, 0.3) is 79.0 Å². The van der Waals surface area contributed by atoms with Crippen molar-refractivity contribution in [3.05, 3.63) is 199 Å². The predicted molar refractivity (Wildman–Crippen MR) is 244 cm³/mol. The van der Waals surface area contributed by atoms with Crippen molar-refractivity contribution in [1.29, 1.82) is 0 Å². The normalized spacial score (nSPS) is 14.5. The summed E-state index contributed by atoms with van der Waals surface area (Å²) in [6, 6.07) is 65.4. The van der Waals surface area contributed by atoms with Gasteiger partial charge in [-0.1, -0.05) is 146 Å². The third-order valence-corrected chi connectivity index (χ3v) is 13.6. The second-order valence-corrected chi connectivity index (χ2v) is 16.7. The maximum atomic E-state index is 5.16. The van der Waals surface area contributed by atoms with Gasteiger partial charge in [-0.25, -0.2) is 9.98 Å². The molecule has 57 heavy (non-hydrogen) atoms. The SMILES string of the molecule is c1ccc(C2=NC(c3ccc4c(c3)sc3c(-c5cccc6sc7cc(-n8c9ccccc9c9ccccc98)ccc7c56)cccc34)=NC(c3ccccc3)N2)cc1. The smallest absolute Gasteiger partial charge is 0.159 e. The zero-order valence-corrected chi connectivity index (χ0v) is 32.2. The number of aliphatic imine (C=N–C) groups is 2. The van der Waals surface area contributed by atoms with E-state index in [4.69, 9.17) is 9.98 Å². The van der Waals surface area contributed by atoms with E-state index in [2.05, 4.69) is 168 Å². The average Bonchev–Trinajstić information content (AvgIpc) is 3.96. The molecule has 268 valence electrons. The van der Waals surface area contributed by atoms with Crippen molar-refractivity contribution in [2.24, 2.45) is 9.98 Å². The first kappa shape index (κ1) is 32.4. The monoisotopic (exact) mass is 764 g/mol. The van der Waals surface area contributed by atoms with Crippen LogP contribution in [0.3, 0.4) is 0 Å². The van der Waals surface area contributed by atoms with Gasteiger partial charge in [0.2, 0.25) is 0 Å². The number of thiophene rings is 2. The molecule has 0 fully saturated rings. The Labute approximate surface area is 336 Å². The predicted octanol–water partition coefficient (Wildman–Crippen LogP) is 13.7. The van der Waals surface area contributed by atoms with E-state index in [1.807, 2.05) is 46.9 Å². The van der Waals surface area contributed by atoms with Gasteiger partial charge < -0.3 is 9.88 Å². The summed E-state index contributed by atoms with van der Waals surface area (Å²) in [4.78, 5) is 10.2. The number of amidine groups is 2. The summed E-state index contributed by atoms with van der Waals surface area (Å²) in [7, 11) is 0. The zero-order valence-electron chi connectivity index (χ0n) is 30.6. The van der Waals surface area contributed by atoms with Crippen LogP contribution < -0.4 is 5.32 Å². The first-order valence-electron chi connectivity index (χ1n) is 19.2. The maximum Gasteiger partial charge on any atom is 0.159 e. The van der Waals surface area contributed by atoms with Crippen LogP contribution in [0.15, 0.2) is 192 Å². The fraction of sp³-hybridized carbons (Fsp3) is 0.0196. The Morgan fingerprint density at radius 3 is 1.95 bits per heavy atom. The first-order valence-corrected chi connectivity index (χ1v) is 20.8. The molecule has 0 amide bonds. The molecule has 1 N–H and O–H groups in total. The molecule has 4 heterocycles. The molecule has 0 radical (unpaired) electrons. The molecule has 12 rings (SSSR count). The lowest BCUT2D eigenvalue weighted by molar-refractivity contribution is 0.674. The third-order valence-electron chi connectivity index (χ3n) is 11.3. The van der Waals surface area contributed by atoms with Gasteiger partial charge in [0.25, 0.3) is 0 Å². The number of aromatic nitrogens is 1. The topological polar surface area (TPSA) is 41.7 Å². The van der Waals surface area contributed by atoms with Crippen LogP contribution >= 0.6 is 22.7 Å². The number of hydrogen-bond donors (Lipinski definition) is 1. The number of nitrogens with zero attached hydrogens (tertiary/aromatic N) is 3. The van der Waals surface area contributed by atoms with E-state index in [1.54, 1.807) is 0 Å². The van der Waals surface area contributed by atoms with E-state index in [-0.39, 0.29) is 6.17 Å². The first-order chi connectivity index (χ1) is 28.2. The second-order valence-electron chi connectivity index (χ2n) is 14.6. The molecule has 8 aromatic carbocycles. The Bertz CT molecular complexity index is 3390. The van der Waals surface area contributed by atoms with Crippen molar-refractivity contribution in [3.8, 4) is 16.8 Å². The molecule has 1 aliphatic heterocycles. The van der Waals surface area contributed by atoms with E-state index in [9.17, 15) is 0 Å². The Balaban J connectivity index is 0.986. The quantitative estimate of drug-likeness (QED) is 0.186. The molecule has 0 aliphatic carbocycles. The highest BCUT2D eigenvalue weighted by Crippen LogP contribution is 2.46. The molecule has 0 bridgehead atoms. The summed E-state index contributed by atoms with van der Waals surface area (Å²) in [5, 5.41) is 11.3. The van der Waals surface area contributed by atoms with E-state index in [0.29, 0.717) is 0 Å². The van der Waals surface area contributed by atoms with Crippen molar-refractivity contribution in [2.45, 2.75) is 6.17 Å². The maximum absolute atomic E-state index is 5.16. The highest BCUT2D eigenvalue weighted by molar-refractivity contribution is 7.27. The van der Waals surface area contributed by atoms with Crippen LogP contribution in [0.4, 0.5) is 0 Å². The number of rotatable bonds is 5. The summed E-state index contributed by atoms with van der Waals surface area (Å²) >= 11 is 3.73. The minimum Gasteiger partial charge on any atom is -0.344 e. The Morgan fingerprint density at radius 2 is 1.14 bits per heavy atom. The Morgan fingerprint density at radius 1 is 0.474 bits per heavy atom. The number of hydrogen-bond acceptors (Lipinski definition) is 5. The molecule has 4 nitrogen and oxygen atoms in total. The Hall–Kier alpha value is -6.86. The summed E-state index contributed by atoms with van der Waals surface area (Å²) in [5.41, 5.74) is 9.32. The van der Waals surface area contributed by atoms with Gasteiger partial charge in [0, 0.05) is 73.5 Å². The van der Waals surface area contributed by atoms with Crippen molar-refractivity contribution >= 4 is 96.5 Å². The van der Waals surface area contributed by atoms with Gasteiger partial charge in [-0.05, 0) is 47.5 Å². The van der Waals surface area contributed by atoms with Crippen LogP contribution in [0.2, 0.25) is 0 Å². The lowest BCUT2D eigenvalue weighted by Gasteiger charge is -2.23. The average molecular weight is 765 g/mol. The lowest BCUT2D eigenvalue weighted by Crippen LogP contribution is -2.33. The van der Waals surface area contributed by atoms with Gasteiger partial charge in [-0.15, -0.1) is 22.7 Å². The lowest BCUT2D eigenvalue weighted by atomic mass is 9.97. The summed E-state index contributed by atoms with van der Waals surface area (Å²) in [6.07, 6.45) is -0.238. The minimum absolute atomic E-state index is 0.238. The van der Waals surface area contributed by atoms with Crippen molar-refractivity contribution in [1.82, 2.24) is 9.88 Å². The van der Waals surface area contributed by atoms with Gasteiger partial charge >= 0.3 is 0 Å². The van der Waals surface area contributed by atoms with E-state index < -0.39 is 0 Å². The molecule has 1 aliphatic rings. The van der Waals surface area contributed by atoms with Crippen molar-refractivity contribution in [3.63, 3.8) is 0 Å². The fourth-order valence-electron chi connectivity index (χ4n) is 8.66. The molecular formula is C51H32N4S2. The van der Waals surface area contributed by atoms with E-state index in [0.717, 1.165) is 28.4 Å². The van der Waals surface area contributed by atoms with Crippen LogP contribution in [-0.4, -0.2) is 16.2 Å². The standard InChI is InChI=1S/C51H32N4S2/c1-3-13-31(14-4-1)49-52-50(32-15-5-2-6-16-32)54-51(53-49)33-25-27-37-39-20-11-21-40(48(39)57-45(37)29-33)38-19-12-24-44-47(38)41-28-26-34(30-46(41)56-44)55-42-22-9-7-17-35(42)36-18-8-10-23-43(36)55/h1-30,49H,(H,52,53,54). The van der Waals surface area contributed by atoms with Crippen LogP contribution in [-0.2, 0) is 0 Å². The van der Waals surface area contributed by atoms with Gasteiger partial charge in [0.1, 0.15) is 12.0 Å². The van der Waals surface area contributed by atoms with Crippen molar-refractivity contribution < 1.29 is 0 Å². The highest BCUT2D eigenvalue weighted by atomic mass is 32.1. The number of benzene rings is 8. The number of fused-ring (bicyclic) bond motifs is 9. The van der Waals surface area contributed by atoms with Gasteiger partial charge in [-0.2, -0.15) is 0 Å². The zero-order chi connectivity index (χ0) is 37.5. The molecule has 1 atom stereocenters. The van der Waals surface area contributed by atoms with Crippen molar-refractivity contribution in [2.75, 3.05) is 0 Å². The van der Waals surface area contributed by atoms with Crippen LogP contribution in [0, 0.1) is 0 Å². The number of para-hydroxylation sites is 2. The van der Waals surface area contributed by atoms with E-state index in [1.165, 1.54) is 79.0 Å². The molecule has 0 saturated carbocycles. The van der Waals surface area contributed by atoms with Crippen LogP contribution in [0.5, 0.6) is 0 Å². The largest absolute Gasteiger partial charge is 0.344 e. The number of nitrogens with one attached hydrogen (secondary N) is 1. The summed E-state index contributed by atoms with van der Waals surface area (Å²) in [6.45, 7) is 0. The summed E-state index contributed by atoms with van der Waals surface area (Å²) < 4.78 is 7.51. The fourth-order valence-corrected chi connectivity index (χ4v) is 11.1. The van der Waals surface area contributed by atoms with Gasteiger partial charge in [-0.3, -0.25) is 0 Å². The molecule has 1 unspecified atom stereocenters. The van der Waals surface area contributed by atoms with Crippen LogP contribution in [0.1, 0.15) is 22.9 Å². The molecule has 3 aromatic heterocycles. The van der Waals surface area contributed by atoms with Gasteiger partial charge in [0.15, 0.2) is 5.84 Å². The molecular weight excluding hydrogens is 733 g/mol. The minimum atomic E-state index is -0.238. The summed E-state index contributed by atoms with van der Waals surface area (Å²) in [5.74, 6) is 1.56. The Kier molecular flexibility index (Phi) is 7.30. The molecule has 6 heteroatoms. The highest BCUT2D eigenvalue weighted by Gasteiger charge is 2.22. The van der Waals surface area contributed by atoms with E-state index >= 15 is 0 Å². The molecule has 0 saturated heterocycles. The van der Waals surface area contributed by atoms with Gasteiger partial charge in [0.05, 0.1) is 11.0 Å². The third kappa shape index (κ3) is 5.18. The second kappa shape index (κ2) is 12.8. The molecule has 11 aromatic rings.